The number of carbonyl (C=O) groups excluding carboxylic acids is 1. The summed E-state index contributed by atoms with van der Waals surface area (Å²) in [7, 11) is 2.01. The number of nitrogens with zero attached hydrogens (tertiary/aromatic N) is 7. The third-order valence-electron chi connectivity index (χ3n) is 5.55. The summed E-state index contributed by atoms with van der Waals surface area (Å²) in [5, 5.41) is 8.83. The van der Waals surface area contributed by atoms with Crippen molar-refractivity contribution in [3.8, 4) is 0 Å². The minimum absolute atomic E-state index is 0.0433. The Balaban J connectivity index is 1.41. The van der Waals surface area contributed by atoms with Gasteiger partial charge in [-0.2, -0.15) is 0 Å². The van der Waals surface area contributed by atoms with Crippen molar-refractivity contribution in [2.75, 3.05) is 13.1 Å². The van der Waals surface area contributed by atoms with E-state index in [4.69, 9.17) is 4.42 Å². The second-order valence-corrected chi connectivity index (χ2v) is 7.18. The Morgan fingerprint density at radius 3 is 2.71 bits per heavy atom. The molecule has 1 aliphatic rings. The van der Waals surface area contributed by atoms with Crippen molar-refractivity contribution in [2.24, 2.45) is 7.05 Å². The van der Waals surface area contributed by atoms with Gasteiger partial charge in [-0.1, -0.05) is 6.92 Å². The average Bonchev–Trinajstić information content (AvgIpc) is 3.43. The van der Waals surface area contributed by atoms with Gasteiger partial charge in [0.1, 0.15) is 17.4 Å². The molecule has 0 unspecified atom stereocenters. The zero-order chi connectivity index (χ0) is 19.7. The minimum Gasteiger partial charge on any atom is -0.448 e. The summed E-state index contributed by atoms with van der Waals surface area (Å²) in [6.45, 7) is 5.95. The average molecular weight is 383 g/mol. The first-order valence-corrected chi connectivity index (χ1v) is 9.66. The molecule has 0 atom stereocenters. The molecule has 0 bridgehead atoms. The first-order chi connectivity index (χ1) is 13.6. The van der Waals surface area contributed by atoms with Gasteiger partial charge in [-0.05, 0) is 19.8 Å². The maximum atomic E-state index is 12.7. The third kappa shape index (κ3) is 3.32. The van der Waals surface area contributed by atoms with Crippen LogP contribution in [0.3, 0.4) is 0 Å². The highest BCUT2D eigenvalue weighted by molar-refractivity contribution is 5.93. The molecule has 0 saturated carbocycles. The molecule has 1 aliphatic heterocycles. The standard InChI is InChI=1S/C19H25N7O2/c1-4-15-17(21-12-28-15)19(27)25-8-5-14(6-9-25)18-23-22-16(24(18)3)11-26-10-7-20-13(26)2/h7,10,12,14H,4-6,8-9,11H2,1-3H3. The molecule has 148 valence electrons. The highest BCUT2D eigenvalue weighted by atomic mass is 16.3. The molecule has 0 spiro atoms. The first-order valence-electron chi connectivity index (χ1n) is 9.66. The number of rotatable bonds is 5. The number of aryl methyl sites for hydroxylation is 2. The van der Waals surface area contributed by atoms with Crippen LogP contribution in [-0.2, 0) is 20.0 Å². The molecule has 1 fully saturated rings. The van der Waals surface area contributed by atoms with Crippen LogP contribution in [0.2, 0.25) is 0 Å². The lowest BCUT2D eigenvalue weighted by molar-refractivity contribution is 0.0703. The molecule has 0 radical (unpaired) electrons. The molecule has 9 nitrogen and oxygen atoms in total. The number of likely N-dealkylation sites (tertiary alicyclic amines) is 1. The van der Waals surface area contributed by atoms with Crippen LogP contribution in [0.15, 0.2) is 23.2 Å². The van der Waals surface area contributed by atoms with Crippen LogP contribution in [-0.4, -0.2) is 53.2 Å². The molecule has 0 aromatic carbocycles. The number of aromatic nitrogens is 6. The van der Waals surface area contributed by atoms with E-state index in [-0.39, 0.29) is 5.91 Å². The van der Waals surface area contributed by atoms with Crippen molar-refractivity contribution in [3.05, 3.63) is 47.7 Å². The number of oxazole rings is 1. The summed E-state index contributed by atoms with van der Waals surface area (Å²) in [5.74, 6) is 3.75. The topological polar surface area (TPSA) is 94.9 Å². The molecular formula is C19H25N7O2. The van der Waals surface area contributed by atoms with E-state index in [9.17, 15) is 4.79 Å². The number of piperidine rings is 1. The molecule has 9 heteroatoms. The Kier molecular flexibility index (Phi) is 4.97. The normalized spacial score (nSPS) is 15.3. The number of hydrogen-bond acceptors (Lipinski definition) is 6. The molecule has 1 saturated heterocycles. The van der Waals surface area contributed by atoms with Crippen LogP contribution in [0.25, 0.3) is 0 Å². The fourth-order valence-corrected chi connectivity index (χ4v) is 3.78. The SMILES string of the molecule is CCc1ocnc1C(=O)N1CCC(c2nnc(Cn3ccnc3C)n2C)CC1. The quantitative estimate of drug-likeness (QED) is 0.668. The molecule has 3 aromatic rings. The summed E-state index contributed by atoms with van der Waals surface area (Å²) in [6.07, 6.45) is 7.47. The zero-order valence-corrected chi connectivity index (χ0v) is 16.5. The van der Waals surface area contributed by atoms with Gasteiger partial charge in [0.2, 0.25) is 0 Å². The van der Waals surface area contributed by atoms with E-state index in [1.165, 1.54) is 6.39 Å². The van der Waals surface area contributed by atoms with Gasteiger partial charge in [0, 0.05) is 44.9 Å². The maximum absolute atomic E-state index is 12.7. The van der Waals surface area contributed by atoms with Crippen LogP contribution in [0, 0.1) is 6.92 Å². The number of carbonyl (C=O) groups is 1. The largest absolute Gasteiger partial charge is 0.448 e. The predicted molar refractivity (Wildman–Crippen MR) is 101 cm³/mol. The Labute approximate surface area is 163 Å². The predicted octanol–water partition coefficient (Wildman–Crippen LogP) is 1.94. The number of amides is 1. The molecule has 0 aliphatic carbocycles. The van der Waals surface area contributed by atoms with E-state index >= 15 is 0 Å². The minimum atomic E-state index is -0.0433. The smallest absolute Gasteiger partial charge is 0.276 e. The van der Waals surface area contributed by atoms with Crippen LogP contribution in [0.1, 0.15) is 59.4 Å². The van der Waals surface area contributed by atoms with Crippen molar-refractivity contribution in [1.29, 1.82) is 0 Å². The van der Waals surface area contributed by atoms with E-state index in [1.54, 1.807) is 6.20 Å². The maximum Gasteiger partial charge on any atom is 0.276 e. The second kappa shape index (κ2) is 7.57. The van der Waals surface area contributed by atoms with E-state index in [2.05, 4.69) is 29.3 Å². The Hall–Kier alpha value is -2.97. The Morgan fingerprint density at radius 1 is 1.25 bits per heavy atom. The molecule has 28 heavy (non-hydrogen) atoms. The van der Waals surface area contributed by atoms with Crippen molar-refractivity contribution in [1.82, 2.24) is 34.2 Å². The summed E-state index contributed by atoms with van der Waals surface area (Å²) >= 11 is 0. The van der Waals surface area contributed by atoms with Crippen LogP contribution < -0.4 is 0 Å². The van der Waals surface area contributed by atoms with Crippen molar-refractivity contribution >= 4 is 5.91 Å². The van der Waals surface area contributed by atoms with Gasteiger partial charge in [-0.3, -0.25) is 4.79 Å². The van der Waals surface area contributed by atoms with Crippen molar-refractivity contribution in [3.63, 3.8) is 0 Å². The summed E-state index contributed by atoms with van der Waals surface area (Å²) in [4.78, 5) is 22.9. The lowest BCUT2D eigenvalue weighted by Gasteiger charge is -2.31. The Morgan fingerprint density at radius 2 is 2.04 bits per heavy atom. The lowest BCUT2D eigenvalue weighted by Crippen LogP contribution is -2.38. The summed E-state index contributed by atoms with van der Waals surface area (Å²) in [6, 6.07) is 0. The monoisotopic (exact) mass is 383 g/mol. The number of hydrogen-bond donors (Lipinski definition) is 0. The van der Waals surface area contributed by atoms with Crippen molar-refractivity contribution < 1.29 is 9.21 Å². The summed E-state index contributed by atoms with van der Waals surface area (Å²) < 4.78 is 9.43. The van der Waals surface area contributed by atoms with Crippen LogP contribution in [0.5, 0.6) is 0 Å². The van der Waals surface area contributed by atoms with Crippen LogP contribution >= 0.6 is 0 Å². The molecule has 3 aromatic heterocycles. The fourth-order valence-electron chi connectivity index (χ4n) is 3.78. The van der Waals surface area contributed by atoms with E-state index in [0.717, 1.165) is 30.3 Å². The summed E-state index contributed by atoms with van der Waals surface area (Å²) in [5.41, 5.74) is 0.442. The van der Waals surface area contributed by atoms with E-state index in [1.807, 2.05) is 32.0 Å². The third-order valence-corrected chi connectivity index (χ3v) is 5.55. The van der Waals surface area contributed by atoms with Gasteiger partial charge in [0.05, 0.1) is 6.54 Å². The van der Waals surface area contributed by atoms with E-state index in [0.29, 0.717) is 43.4 Å². The molecule has 1 amide bonds. The molecule has 4 heterocycles. The Bertz CT molecular complexity index is 963. The molecular weight excluding hydrogens is 358 g/mol. The van der Waals surface area contributed by atoms with Gasteiger partial charge in [-0.15, -0.1) is 10.2 Å². The van der Waals surface area contributed by atoms with Gasteiger partial charge >= 0.3 is 0 Å². The van der Waals surface area contributed by atoms with Crippen molar-refractivity contribution in [2.45, 2.75) is 45.6 Å². The molecule has 4 rings (SSSR count). The highest BCUT2D eigenvalue weighted by Gasteiger charge is 2.29. The molecule has 0 N–H and O–H groups in total. The number of imidazole rings is 1. The zero-order valence-electron chi connectivity index (χ0n) is 16.5. The van der Waals surface area contributed by atoms with Crippen LogP contribution in [0.4, 0.5) is 0 Å². The van der Waals surface area contributed by atoms with Gasteiger partial charge in [0.15, 0.2) is 17.9 Å². The van der Waals surface area contributed by atoms with Gasteiger partial charge in [0.25, 0.3) is 5.91 Å². The highest BCUT2D eigenvalue weighted by Crippen LogP contribution is 2.28. The lowest BCUT2D eigenvalue weighted by atomic mass is 9.95. The first kappa shape index (κ1) is 18.4. The van der Waals surface area contributed by atoms with E-state index < -0.39 is 0 Å². The fraction of sp³-hybridized carbons (Fsp3) is 0.526. The second-order valence-electron chi connectivity index (χ2n) is 7.18. The van der Waals surface area contributed by atoms with Gasteiger partial charge in [-0.25, -0.2) is 9.97 Å². The van der Waals surface area contributed by atoms with Gasteiger partial charge < -0.3 is 18.5 Å².